The van der Waals surface area contributed by atoms with Crippen LogP contribution in [0.1, 0.15) is 31.2 Å². The Morgan fingerprint density at radius 2 is 1.70 bits per heavy atom. The summed E-state index contributed by atoms with van der Waals surface area (Å²) in [5.41, 5.74) is 0.858. The first-order valence-corrected chi connectivity index (χ1v) is 9.66. The number of benzene rings is 3. The summed E-state index contributed by atoms with van der Waals surface area (Å²) >= 11 is 0. The highest BCUT2D eigenvalue weighted by atomic mass is 79.9. The lowest BCUT2D eigenvalue weighted by atomic mass is 9.88. The molecule has 1 saturated carbocycles. The quantitative estimate of drug-likeness (QED) is 0.555. The van der Waals surface area contributed by atoms with E-state index in [1.165, 1.54) is 35.4 Å². The van der Waals surface area contributed by atoms with Crippen LogP contribution in [0.2, 0.25) is 0 Å². The molecule has 3 aromatic carbocycles. The van der Waals surface area contributed by atoms with Crippen LogP contribution in [0.15, 0.2) is 54.6 Å². The third kappa shape index (κ3) is 3.19. The van der Waals surface area contributed by atoms with E-state index in [2.05, 4.69) is 60.5 Å². The molecule has 1 saturated heterocycles. The molecule has 1 aliphatic heterocycles. The van der Waals surface area contributed by atoms with Gasteiger partial charge in [0.25, 0.3) is 0 Å². The van der Waals surface area contributed by atoms with Gasteiger partial charge in [-0.3, -0.25) is 4.90 Å². The van der Waals surface area contributed by atoms with E-state index in [1.54, 1.807) is 0 Å². The van der Waals surface area contributed by atoms with Gasteiger partial charge in [0.2, 0.25) is 5.79 Å². The lowest BCUT2D eigenvalue weighted by Crippen LogP contribution is -2.59. The van der Waals surface area contributed by atoms with Gasteiger partial charge in [0.1, 0.15) is 0 Å². The van der Waals surface area contributed by atoms with Crippen molar-refractivity contribution in [3.63, 3.8) is 0 Å². The lowest BCUT2D eigenvalue weighted by Gasteiger charge is -2.49. The van der Waals surface area contributed by atoms with Crippen LogP contribution in [0.25, 0.3) is 21.5 Å². The van der Waals surface area contributed by atoms with E-state index < -0.39 is 5.79 Å². The Hall–Kier alpha value is -1.46. The van der Waals surface area contributed by atoms with Crippen molar-refractivity contribution in [3.8, 4) is 0 Å². The molecule has 1 N–H and O–H groups in total. The van der Waals surface area contributed by atoms with Crippen molar-refractivity contribution in [2.75, 3.05) is 13.6 Å². The maximum atomic E-state index is 11.4. The van der Waals surface area contributed by atoms with Crippen molar-refractivity contribution in [1.82, 2.24) is 4.90 Å². The minimum Gasteiger partial charge on any atom is -0.361 e. The number of morpholine rings is 1. The SMILES string of the molecule is Br.CN1CC(O)(c2ccc3c(ccc4ccccc43)c2)OC2CCCCC21. The van der Waals surface area contributed by atoms with Gasteiger partial charge in [-0.05, 0) is 47.5 Å². The van der Waals surface area contributed by atoms with Crippen LogP contribution in [-0.2, 0) is 10.5 Å². The van der Waals surface area contributed by atoms with Crippen molar-refractivity contribution in [2.45, 2.75) is 43.6 Å². The van der Waals surface area contributed by atoms with Crippen LogP contribution < -0.4 is 0 Å². The normalized spacial score (nSPS) is 28.7. The Kier molecular flexibility index (Phi) is 5.02. The molecule has 2 aliphatic rings. The van der Waals surface area contributed by atoms with E-state index in [0.717, 1.165) is 17.4 Å². The summed E-state index contributed by atoms with van der Waals surface area (Å²) in [6.45, 7) is 0.521. The van der Waals surface area contributed by atoms with Crippen molar-refractivity contribution in [3.05, 3.63) is 60.2 Å². The van der Waals surface area contributed by atoms with E-state index in [1.807, 2.05) is 6.07 Å². The van der Waals surface area contributed by atoms with Gasteiger partial charge in [0, 0.05) is 11.6 Å². The molecule has 0 amide bonds. The zero-order valence-electron chi connectivity index (χ0n) is 15.6. The second-order valence-corrected chi connectivity index (χ2v) is 7.93. The summed E-state index contributed by atoms with van der Waals surface area (Å²) in [5.74, 6) is -1.23. The van der Waals surface area contributed by atoms with Crippen LogP contribution in [0, 0.1) is 0 Å². The molecule has 1 aliphatic carbocycles. The number of likely N-dealkylation sites (N-methyl/N-ethyl adjacent to an activating group) is 1. The largest absolute Gasteiger partial charge is 0.361 e. The zero-order valence-corrected chi connectivity index (χ0v) is 17.3. The Morgan fingerprint density at radius 1 is 0.963 bits per heavy atom. The molecule has 0 radical (unpaired) electrons. The number of ether oxygens (including phenoxy) is 1. The molecular formula is C23H26BrNO2. The highest BCUT2D eigenvalue weighted by molar-refractivity contribution is 8.93. The van der Waals surface area contributed by atoms with Gasteiger partial charge in [-0.25, -0.2) is 0 Å². The first-order chi connectivity index (χ1) is 12.6. The van der Waals surface area contributed by atoms with Crippen molar-refractivity contribution in [2.24, 2.45) is 0 Å². The number of hydrogen-bond acceptors (Lipinski definition) is 3. The highest BCUT2D eigenvalue weighted by Crippen LogP contribution is 2.39. The van der Waals surface area contributed by atoms with Gasteiger partial charge < -0.3 is 9.84 Å². The minimum absolute atomic E-state index is 0. The van der Waals surface area contributed by atoms with Gasteiger partial charge in [0.15, 0.2) is 0 Å². The monoisotopic (exact) mass is 427 g/mol. The lowest BCUT2D eigenvalue weighted by molar-refractivity contribution is -0.293. The second-order valence-electron chi connectivity index (χ2n) is 7.93. The van der Waals surface area contributed by atoms with Crippen molar-refractivity contribution < 1.29 is 9.84 Å². The van der Waals surface area contributed by atoms with Gasteiger partial charge in [-0.15, -0.1) is 17.0 Å². The summed E-state index contributed by atoms with van der Waals surface area (Å²) in [6, 6.07) is 19.4. The summed E-state index contributed by atoms with van der Waals surface area (Å²) in [5, 5.41) is 16.2. The van der Waals surface area contributed by atoms with Crippen molar-refractivity contribution >= 4 is 38.5 Å². The molecular weight excluding hydrogens is 402 g/mol. The maximum Gasteiger partial charge on any atom is 0.205 e. The Balaban J connectivity index is 0.00000180. The molecule has 3 aromatic rings. The van der Waals surface area contributed by atoms with Crippen molar-refractivity contribution in [1.29, 1.82) is 0 Å². The average molecular weight is 428 g/mol. The molecule has 3 unspecified atom stereocenters. The number of hydrogen-bond donors (Lipinski definition) is 1. The van der Waals surface area contributed by atoms with Crippen LogP contribution >= 0.6 is 17.0 Å². The number of β-amino-alcohol motifs (C(OH)–C–C–N with tert-alkyl or cyclic N) is 1. The van der Waals surface area contributed by atoms with Crippen LogP contribution in [0.3, 0.4) is 0 Å². The van der Waals surface area contributed by atoms with E-state index in [-0.39, 0.29) is 23.1 Å². The summed E-state index contributed by atoms with van der Waals surface area (Å²) < 4.78 is 6.28. The van der Waals surface area contributed by atoms with Crippen LogP contribution in [-0.4, -0.2) is 35.7 Å². The molecule has 3 nitrogen and oxygen atoms in total. The molecule has 0 spiro atoms. The molecule has 2 fully saturated rings. The Morgan fingerprint density at radius 3 is 2.59 bits per heavy atom. The van der Waals surface area contributed by atoms with E-state index >= 15 is 0 Å². The Labute approximate surface area is 170 Å². The number of aliphatic hydroxyl groups is 1. The zero-order chi connectivity index (χ0) is 17.7. The standard InChI is InChI=1S/C23H25NO2.BrH/c1-24-15-23(25,26-22-9-5-4-8-21(22)24)18-12-13-20-17(14-18)11-10-16-6-2-3-7-19(16)20;/h2-3,6-7,10-14,21-22,25H,4-5,8-9,15H2,1H3;1H. The number of halogens is 1. The average Bonchev–Trinajstić information content (AvgIpc) is 2.67. The van der Waals surface area contributed by atoms with Gasteiger partial charge >= 0.3 is 0 Å². The van der Waals surface area contributed by atoms with Gasteiger partial charge in [-0.2, -0.15) is 0 Å². The summed E-state index contributed by atoms with van der Waals surface area (Å²) in [7, 11) is 2.12. The van der Waals surface area contributed by atoms with Gasteiger partial charge in [0.05, 0.1) is 12.6 Å². The minimum atomic E-state index is -1.23. The number of nitrogens with zero attached hydrogens (tertiary/aromatic N) is 1. The topological polar surface area (TPSA) is 32.7 Å². The molecule has 27 heavy (non-hydrogen) atoms. The fraction of sp³-hybridized carbons (Fsp3) is 0.391. The second kappa shape index (κ2) is 7.17. The first kappa shape index (κ1) is 18.9. The fourth-order valence-electron chi connectivity index (χ4n) is 4.88. The maximum absolute atomic E-state index is 11.4. The number of rotatable bonds is 1. The third-order valence-corrected chi connectivity index (χ3v) is 6.24. The molecule has 0 bridgehead atoms. The van der Waals surface area contributed by atoms with Crippen LogP contribution in [0.4, 0.5) is 0 Å². The third-order valence-electron chi connectivity index (χ3n) is 6.24. The van der Waals surface area contributed by atoms with E-state index in [9.17, 15) is 5.11 Å². The highest BCUT2D eigenvalue weighted by Gasteiger charge is 2.45. The molecule has 142 valence electrons. The molecule has 4 heteroatoms. The molecule has 1 heterocycles. The molecule has 0 aromatic heterocycles. The van der Waals surface area contributed by atoms with Crippen LogP contribution in [0.5, 0.6) is 0 Å². The smallest absolute Gasteiger partial charge is 0.205 e. The first-order valence-electron chi connectivity index (χ1n) is 9.66. The Bertz CT molecular complexity index is 975. The fourth-order valence-corrected chi connectivity index (χ4v) is 4.88. The molecule has 3 atom stereocenters. The predicted molar refractivity (Wildman–Crippen MR) is 115 cm³/mol. The summed E-state index contributed by atoms with van der Waals surface area (Å²) in [4.78, 5) is 2.29. The predicted octanol–water partition coefficient (Wildman–Crippen LogP) is 4.99. The molecule has 5 rings (SSSR count). The summed E-state index contributed by atoms with van der Waals surface area (Å²) in [6.07, 6.45) is 4.78. The van der Waals surface area contributed by atoms with E-state index in [4.69, 9.17) is 4.74 Å². The van der Waals surface area contributed by atoms with E-state index in [0.29, 0.717) is 12.6 Å². The van der Waals surface area contributed by atoms with Gasteiger partial charge in [-0.1, -0.05) is 61.4 Å². The number of fused-ring (bicyclic) bond motifs is 4.